The number of hydrogen-bond donors (Lipinski definition) is 0. The third-order valence-corrected chi connectivity index (χ3v) is 2.09. The lowest BCUT2D eigenvalue weighted by atomic mass is 10.2. The van der Waals surface area contributed by atoms with Crippen LogP contribution in [0.15, 0.2) is 12.1 Å². The van der Waals surface area contributed by atoms with E-state index in [1.165, 1.54) is 13.2 Å². The third kappa shape index (κ3) is 2.37. The maximum atomic E-state index is 12.3. The number of alkyl halides is 3. The number of pyridine rings is 1. The van der Waals surface area contributed by atoms with E-state index >= 15 is 0 Å². The van der Waals surface area contributed by atoms with Crippen molar-refractivity contribution < 1.29 is 13.5 Å². The Morgan fingerprint density at radius 2 is 2.23 bits per heavy atom. The highest BCUT2D eigenvalue weighted by atomic mass is 79.9. The van der Waals surface area contributed by atoms with Gasteiger partial charge in [-0.25, -0.2) is 13.8 Å². The summed E-state index contributed by atoms with van der Waals surface area (Å²) in [6.07, 6.45) is -2.55. The van der Waals surface area contributed by atoms with Gasteiger partial charge in [0.2, 0.25) is 5.88 Å². The lowest BCUT2D eigenvalue weighted by molar-refractivity contribution is 0.146. The Hall–Kier alpha value is -0.710. The van der Waals surface area contributed by atoms with E-state index in [1.54, 1.807) is 6.07 Å². The van der Waals surface area contributed by atoms with Crippen molar-refractivity contribution in [1.29, 1.82) is 0 Å². The minimum atomic E-state index is -2.55. The first-order chi connectivity index (χ1) is 6.19. The van der Waals surface area contributed by atoms with Gasteiger partial charge in [-0.2, -0.15) is 0 Å². The van der Waals surface area contributed by atoms with E-state index in [0.29, 0.717) is 11.0 Å². The molecule has 0 N–H and O–H groups in total. The molecule has 13 heavy (non-hydrogen) atoms. The SMILES string of the molecule is COc1nc(CBr)ccc1C(F)F. The molecule has 0 atom stereocenters. The van der Waals surface area contributed by atoms with Gasteiger partial charge in [0.25, 0.3) is 6.43 Å². The molecule has 0 bridgehead atoms. The van der Waals surface area contributed by atoms with Gasteiger partial charge in [0.05, 0.1) is 18.4 Å². The predicted molar refractivity (Wildman–Crippen MR) is 48.4 cm³/mol. The van der Waals surface area contributed by atoms with Crippen molar-refractivity contribution in [2.75, 3.05) is 7.11 Å². The van der Waals surface area contributed by atoms with E-state index < -0.39 is 6.43 Å². The van der Waals surface area contributed by atoms with Gasteiger partial charge in [-0.3, -0.25) is 0 Å². The number of ether oxygens (including phenoxy) is 1. The van der Waals surface area contributed by atoms with Crippen molar-refractivity contribution in [3.8, 4) is 5.88 Å². The summed E-state index contributed by atoms with van der Waals surface area (Å²) in [6, 6.07) is 2.87. The van der Waals surface area contributed by atoms with Crippen LogP contribution in [0.4, 0.5) is 8.78 Å². The van der Waals surface area contributed by atoms with Gasteiger partial charge >= 0.3 is 0 Å². The molecule has 5 heteroatoms. The summed E-state index contributed by atoms with van der Waals surface area (Å²) >= 11 is 3.18. The van der Waals surface area contributed by atoms with Crippen LogP contribution in [0.1, 0.15) is 17.7 Å². The third-order valence-electron chi connectivity index (χ3n) is 1.51. The second kappa shape index (κ2) is 4.50. The summed E-state index contributed by atoms with van der Waals surface area (Å²) in [5, 5.41) is 0.521. The van der Waals surface area contributed by atoms with Crippen LogP contribution in [0.3, 0.4) is 0 Å². The number of nitrogens with zero attached hydrogens (tertiary/aromatic N) is 1. The van der Waals surface area contributed by atoms with Crippen molar-refractivity contribution >= 4 is 15.9 Å². The predicted octanol–water partition coefficient (Wildman–Crippen LogP) is 2.92. The molecule has 1 aromatic heterocycles. The normalized spacial score (nSPS) is 10.5. The molecule has 0 fully saturated rings. The summed E-state index contributed by atoms with van der Waals surface area (Å²) in [5.41, 5.74) is 0.494. The maximum absolute atomic E-state index is 12.3. The van der Waals surface area contributed by atoms with Crippen LogP contribution in [0.25, 0.3) is 0 Å². The minimum Gasteiger partial charge on any atom is -0.481 e. The second-order valence-electron chi connectivity index (χ2n) is 2.34. The van der Waals surface area contributed by atoms with E-state index in [4.69, 9.17) is 4.74 Å². The summed E-state index contributed by atoms with van der Waals surface area (Å²) < 4.78 is 29.4. The molecule has 1 aromatic rings. The van der Waals surface area contributed by atoms with Gasteiger partial charge in [-0.15, -0.1) is 0 Å². The van der Waals surface area contributed by atoms with Crippen LogP contribution >= 0.6 is 15.9 Å². The Labute approximate surface area is 83.1 Å². The molecule has 0 aliphatic carbocycles. The average Bonchev–Trinajstić information content (AvgIpc) is 2.16. The van der Waals surface area contributed by atoms with Crippen LogP contribution in [0.5, 0.6) is 5.88 Å². The highest BCUT2D eigenvalue weighted by Gasteiger charge is 2.14. The molecule has 0 spiro atoms. The van der Waals surface area contributed by atoms with Crippen LogP contribution in [0, 0.1) is 0 Å². The first-order valence-corrected chi connectivity index (χ1v) is 4.69. The highest BCUT2D eigenvalue weighted by molar-refractivity contribution is 9.08. The van der Waals surface area contributed by atoms with Gasteiger partial charge < -0.3 is 4.74 Å². The molecule has 0 radical (unpaired) electrons. The van der Waals surface area contributed by atoms with Crippen molar-refractivity contribution in [3.63, 3.8) is 0 Å². The summed E-state index contributed by atoms with van der Waals surface area (Å²) in [5.74, 6) is -0.00745. The standard InChI is InChI=1S/C8H8BrF2NO/c1-13-8-6(7(10)11)3-2-5(4-9)12-8/h2-3,7H,4H2,1H3. The van der Waals surface area contributed by atoms with E-state index in [2.05, 4.69) is 20.9 Å². The van der Waals surface area contributed by atoms with Gasteiger partial charge in [0.1, 0.15) is 0 Å². The van der Waals surface area contributed by atoms with Crippen molar-refractivity contribution in [3.05, 3.63) is 23.4 Å². The molecule has 0 aliphatic heterocycles. The Bertz CT molecular complexity index is 293. The molecule has 1 heterocycles. The van der Waals surface area contributed by atoms with Gasteiger partial charge in [-0.05, 0) is 12.1 Å². The van der Waals surface area contributed by atoms with E-state index in [9.17, 15) is 8.78 Å². The summed E-state index contributed by atoms with van der Waals surface area (Å²) in [6.45, 7) is 0. The molecule has 0 unspecified atom stereocenters. The van der Waals surface area contributed by atoms with Crippen molar-refractivity contribution in [1.82, 2.24) is 4.98 Å². The zero-order valence-corrected chi connectivity index (χ0v) is 8.51. The van der Waals surface area contributed by atoms with Gasteiger partial charge in [0, 0.05) is 5.33 Å². The second-order valence-corrected chi connectivity index (χ2v) is 2.90. The van der Waals surface area contributed by atoms with Crippen LogP contribution in [0.2, 0.25) is 0 Å². The van der Waals surface area contributed by atoms with Crippen LogP contribution < -0.4 is 4.74 Å². The molecule has 2 nitrogen and oxygen atoms in total. The van der Waals surface area contributed by atoms with E-state index in [0.717, 1.165) is 0 Å². The number of aromatic nitrogens is 1. The molecule has 0 aliphatic rings. The number of methoxy groups -OCH3 is 1. The average molecular weight is 252 g/mol. The highest BCUT2D eigenvalue weighted by Crippen LogP contribution is 2.27. The number of halogens is 3. The lowest BCUT2D eigenvalue weighted by Crippen LogP contribution is -1.97. The molecule has 1 rings (SSSR count). The largest absolute Gasteiger partial charge is 0.481 e. The number of rotatable bonds is 3. The molecular weight excluding hydrogens is 244 g/mol. The zero-order valence-electron chi connectivity index (χ0n) is 6.93. The first kappa shape index (κ1) is 10.4. The lowest BCUT2D eigenvalue weighted by Gasteiger charge is -2.07. The minimum absolute atomic E-state index is 0.00745. The summed E-state index contributed by atoms with van der Waals surface area (Å²) in [7, 11) is 1.33. The fourth-order valence-electron chi connectivity index (χ4n) is 0.894. The van der Waals surface area contributed by atoms with E-state index in [1.807, 2.05) is 0 Å². The molecule has 72 valence electrons. The monoisotopic (exact) mass is 251 g/mol. The van der Waals surface area contributed by atoms with Gasteiger partial charge in [-0.1, -0.05) is 15.9 Å². The summed E-state index contributed by atoms with van der Waals surface area (Å²) in [4.78, 5) is 3.88. The Kier molecular flexibility index (Phi) is 3.59. The molecular formula is C8H8BrF2NO. The maximum Gasteiger partial charge on any atom is 0.269 e. The van der Waals surface area contributed by atoms with Crippen LogP contribution in [-0.4, -0.2) is 12.1 Å². The van der Waals surface area contributed by atoms with Gasteiger partial charge in [0.15, 0.2) is 0 Å². The zero-order chi connectivity index (χ0) is 9.84. The number of hydrogen-bond acceptors (Lipinski definition) is 2. The van der Waals surface area contributed by atoms with Crippen LogP contribution in [-0.2, 0) is 5.33 Å². The molecule has 0 aromatic carbocycles. The topological polar surface area (TPSA) is 22.1 Å². The quantitative estimate of drug-likeness (QED) is 0.771. The Morgan fingerprint density at radius 1 is 1.54 bits per heavy atom. The fourth-order valence-corrected chi connectivity index (χ4v) is 1.21. The molecule has 0 amide bonds. The Balaban J connectivity index is 3.08. The smallest absolute Gasteiger partial charge is 0.269 e. The van der Waals surface area contributed by atoms with E-state index in [-0.39, 0.29) is 11.4 Å². The Morgan fingerprint density at radius 3 is 2.69 bits per heavy atom. The van der Waals surface area contributed by atoms with Crippen molar-refractivity contribution in [2.24, 2.45) is 0 Å². The fraction of sp³-hybridized carbons (Fsp3) is 0.375. The molecule has 0 saturated heterocycles. The molecule has 0 saturated carbocycles. The first-order valence-electron chi connectivity index (χ1n) is 3.57. The van der Waals surface area contributed by atoms with Crippen molar-refractivity contribution in [2.45, 2.75) is 11.8 Å².